The third-order valence-electron chi connectivity index (χ3n) is 2.53. The summed E-state index contributed by atoms with van der Waals surface area (Å²) < 4.78 is 5.61. The summed E-state index contributed by atoms with van der Waals surface area (Å²) in [6.45, 7) is 0.287. The number of aliphatic hydroxyl groups is 1. The maximum Gasteiger partial charge on any atom is 0.123 e. The van der Waals surface area contributed by atoms with Crippen molar-refractivity contribution in [1.82, 2.24) is 0 Å². The molecular formula is C13H21BrN2O2. The number of hydrogen-bond acceptors (Lipinski definition) is 4. The zero-order chi connectivity index (χ0) is 13.7. The first kappa shape index (κ1) is 15.1. The van der Waals surface area contributed by atoms with Crippen molar-refractivity contribution in [3.63, 3.8) is 0 Å². The van der Waals surface area contributed by atoms with Gasteiger partial charge in [0.05, 0.1) is 6.10 Å². The fourth-order valence-corrected chi connectivity index (χ4v) is 1.59. The van der Waals surface area contributed by atoms with Crippen LogP contribution in [0.4, 0.5) is 11.4 Å². The van der Waals surface area contributed by atoms with Crippen LogP contribution in [0.15, 0.2) is 18.2 Å². The average molecular weight is 317 g/mol. The van der Waals surface area contributed by atoms with Gasteiger partial charge >= 0.3 is 0 Å². The van der Waals surface area contributed by atoms with Crippen molar-refractivity contribution < 1.29 is 9.84 Å². The van der Waals surface area contributed by atoms with E-state index >= 15 is 0 Å². The average Bonchev–Trinajstić information content (AvgIpc) is 2.35. The molecule has 18 heavy (non-hydrogen) atoms. The van der Waals surface area contributed by atoms with Gasteiger partial charge < -0.3 is 19.6 Å². The Kier molecular flexibility index (Phi) is 5.75. The molecule has 0 bridgehead atoms. The van der Waals surface area contributed by atoms with Gasteiger partial charge in [-0.1, -0.05) is 15.9 Å². The van der Waals surface area contributed by atoms with E-state index in [1.807, 2.05) is 50.1 Å². The monoisotopic (exact) mass is 316 g/mol. The van der Waals surface area contributed by atoms with Gasteiger partial charge in [-0.2, -0.15) is 0 Å². The van der Waals surface area contributed by atoms with Gasteiger partial charge in [-0.25, -0.2) is 0 Å². The second-order valence-electron chi connectivity index (χ2n) is 4.59. The zero-order valence-electron chi connectivity index (χ0n) is 11.4. The number of aliphatic hydroxyl groups excluding tert-OH is 1. The Morgan fingerprint density at radius 1 is 1.11 bits per heavy atom. The van der Waals surface area contributed by atoms with E-state index in [4.69, 9.17) is 4.74 Å². The first-order chi connectivity index (χ1) is 8.43. The van der Waals surface area contributed by atoms with Gasteiger partial charge in [-0.05, 0) is 6.07 Å². The normalized spacial score (nSPS) is 12.1. The van der Waals surface area contributed by atoms with E-state index in [1.54, 1.807) is 0 Å². The quantitative estimate of drug-likeness (QED) is 0.814. The Balaban J connectivity index is 2.89. The molecule has 0 heterocycles. The highest BCUT2D eigenvalue weighted by Crippen LogP contribution is 2.27. The van der Waals surface area contributed by atoms with Crippen molar-refractivity contribution in [3.05, 3.63) is 18.2 Å². The second kappa shape index (κ2) is 6.85. The van der Waals surface area contributed by atoms with Gasteiger partial charge in [0.15, 0.2) is 0 Å². The third-order valence-corrected chi connectivity index (χ3v) is 3.28. The molecule has 1 aromatic carbocycles. The molecule has 1 unspecified atom stereocenters. The minimum Gasteiger partial charge on any atom is -0.491 e. The van der Waals surface area contributed by atoms with Crippen molar-refractivity contribution in [2.45, 2.75) is 6.10 Å². The van der Waals surface area contributed by atoms with Gasteiger partial charge in [0, 0.05) is 57.0 Å². The number of hydrogen-bond donors (Lipinski definition) is 1. The molecule has 0 radical (unpaired) electrons. The summed E-state index contributed by atoms with van der Waals surface area (Å²) in [6.07, 6.45) is -0.490. The Morgan fingerprint density at radius 2 is 1.61 bits per heavy atom. The van der Waals surface area contributed by atoms with Crippen LogP contribution in [0.25, 0.3) is 0 Å². The number of ether oxygens (including phenoxy) is 1. The van der Waals surface area contributed by atoms with Crippen LogP contribution in [0.3, 0.4) is 0 Å². The van der Waals surface area contributed by atoms with E-state index in [-0.39, 0.29) is 6.61 Å². The van der Waals surface area contributed by atoms with Crippen molar-refractivity contribution >= 4 is 27.3 Å². The number of halogens is 1. The van der Waals surface area contributed by atoms with Gasteiger partial charge in [0.25, 0.3) is 0 Å². The maximum absolute atomic E-state index is 9.48. The molecule has 0 saturated heterocycles. The third kappa shape index (κ3) is 4.38. The number of benzene rings is 1. The lowest BCUT2D eigenvalue weighted by molar-refractivity contribution is 0.127. The Bertz CT molecular complexity index is 357. The van der Waals surface area contributed by atoms with Crippen LogP contribution in [0.1, 0.15) is 0 Å². The number of anilines is 2. The molecule has 4 nitrogen and oxygen atoms in total. The van der Waals surface area contributed by atoms with Crippen LogP contribution in [-0.4, -0.2) is 51.3 Å². The minimum absolute atomic E-state index is 0.287. The summed E-state index contributed by atoms with van der Waals surface area (Å²) in [5, 5.41) is 10.00. The predicted octanol–water partition coefficient (Wildman–Crippen LogP) is 1.95. The lowest BCUT2D eigenvalue weighted by Gasteiger charge is -2.20. The minimum atomic E-state index is -0.490. The molecule has 1 atom stereocenters. The highest BCUT2D eigenvalue weighted by Gasteiger charge is 2.07. The predicted molar refractivity (Wildman–Crippen MR) is 80.4 cm³/mol. The molecule has 1 rings (SSSR count). The van der Waals surface area contributed by atoms with Gasteiger partial charge in [-0.15, -0.1) is 0 Å². The highest BCUT2D eigenvalue weighted by molar-refractivity contribution is 9.09. The van der Waals surface area contributed by atoms with E-state index in [0.29, 0.717) is 5.33 Å². The summed E-state index contributed by atoms with van der Waals surface area (Å²) >= 11 is 3.22. The van der Waals surface area contributed by atoms with Crippen molar-refractivity contribution in [3.8, 4) is 5.75 Å². The Hall–Kier alpha value is -0.940. The van der Waals surface area contributed by atoms with Gasteiger partial charge in [-0.3, -0.25) is 0 Å². The SMILES string of the molecule is CN(C)c1cc(OCC(O)CBr)cc(N(C)C)c1. The van der Waals surface area contributed by atoms with E-state index in [2.05, 4.69) is 22.0 Å². The van der Waals surface area contributed by atoms with E-state index < -0.39 is 6.10 Å². The Labute approximate surface area is 117 Å². The van der Waals surface area contributed by atoms with Gasteiger partial charge in [0.2, 0.25) is 0 Å². The van der Waals surface area contributed by atoms with Crippen molar-refractivity contribution in [2.24, 2.45) is 0 Å². The molecule has 0 aromatic heterocycles. The van der Waals surface area contributed by atoms with E-state index in [9.17, 15) is 5.11 Å². The summed E-state index contributed by atoms with van der Waals surface area (Å²) in [7, 11) is 7.97. The number of rotatable bonds is 6. The van der Waals surface area contributed by atoms with Crippen LogP contribution in [-0.2, 0) is 0 Å². The molecule has 0 fully saturated rings. The molecule has 5 heteroatoms. The molecule has 102 valence electrons. The van der Waals surface area contributed by atoms with Crippen LogP contribution >= 0.6 is 15.9 Å². The highest BCUT2D eigenvalue weighted by atomic mass is 79.9. The maximum atomic E-state index is 9.48. The molecule has 0 saturated carbocycles. The summed E-state index contributed by atoms with van der Waals surface area (Å²) in [5.74, 6) is 0.768. The number of alkyl halides is 1. The van der Waals surface area contributed by atoms with E-state index in [1.165, 1.54) is 0 Å². The molecular weight excluding hydrogens is 296 g/mol. The fourth-order valence-electron chi connectivity index (χ4n) is 1.40. The zero-order valence-corrected chi connectivity index (χ0v) is 12.9. The summed E-state index contributed by atoms with van der Waals surface area (Å²) in [5.41, 5.74) is 2.15. The second-order valence-corrected chi connectivity index (χ2v) is 5.24. The molecule has 0 aliphatic carbocycles. The molecule has 0 aliphatic heterocycles. The van der Waals surface area contributed by atoms with Crippen LogP contribution in [0, 0.1) is 0 Å². The summed E-state index contributed by atoms with van der Waals surface area (Å²) in [6, 6.07) is 6.02. The summed E-state index contributed by atoms with van der Waals surface area (Å²) in [4.78, 5) is 4.06. The largest absolute Gasteiger partial charge is 0.491 e. The number of nitrogens with zero attached hydrogens (tertiary/aromatic N) is 2. The molecule has 1 N–H and O–H groups in total. The van der Waals surface area contributed by atoms with Crippen LogP contribution < -0.4 is 14.5 Å². The topological polar surface area (TPSA) is 35.9 Å². The van der Waals surface area contributed by atoms with Crippen LogP contribution in [0.5, 0.6) is 5.75 Å². The Morgan fingerprint density at radius 3 is 2.00 bits per heavy atom. The molecule has 0 spiro atoms. The molecule has 0 aliphatic rings. The first-order valence-corrected chi connectivity index (χ1v) is 6.92. The fraction of sp³-hybridized carbons (Fsp3) is 0.538. The lowest BCUT2D eigenvalue weighted by atomic mass is 10.2. The standard InChI is InChI=1S/C13H21BrN2O2/c1-15(2)10-5-11(16(3)4)7-13(6-10)18-9-12(17)8-14/h5-7,12,17H,8-9H2,1-4H3. The smallest absolute Gasteiger partial charge is 0.123 e. The lowest BCUT2D eigenvalue weighted by Crippen LogP contribution is -2.19. The molecule has 1 aromatic rings. The van der Waals surface area contributed by atoms with Crippen LogP contribution in [0.2, 0.25) is 0 Å². The van der Waals surface area contributed by atoms with Crippen molar-refractivity contribution in [1.29, 1.82) is 0 Å². The molecule has 0 amide bonds. The van der Waals surface area contributed by atoms with E-state index in [0.717, 1.165) is 17.1 Å². The van der Waals surface area contributed by atoms with Crippen molar-refractivity contribution in [2.75, 3.05) is 49.9 Å². The first-order valence-electron chi connectivity index (χ1n) is 5.80. The van der Waals surface area contributed by atoms with Gasteiger partial charge in [0.1, 0.15) is 12.4 Å².